The third kappa shape index (κ3) is 4.19. The van der Waals surface area contributed by atoms with Gasteiger partial charge in [0.05, 0.1) is 24.8 Å². The average Bonchev–Trinajstić information content (AvgIpc) is 2.99. The van der Waals surface area contributed by atoms with Gasteiger partial charge in [-0.25, -0.2) is 9.67 Å². The average molecular weight is 308 g/mol. The minimum Gasteiger partial charge on any atom is -0.382 e. The lowest BCUT2D eigenvalue weighted by Crippen LogP contribution is -2.23. The van der Waals surface area contributed by atoms with Crippen LogP contribution in [0.4, 0.5) is 5.69 Å². The molecule has 0 aliphatic heterocycles. The summed E-state index contributed by atoms with van der Waals surface area (Å²) in [6.45, 7) is 5.59. The predicted octanol–water partition coefficient (Wildman–Crippen LogP) is 2.17. The molecule has 112 valence electrons. The van der Waals surface area contributed by atoms with E-state index >= 15 is 0 Å². The van der Waals surface area contributed by atoms with E-state index in [0.717, 1.165) is 25.9 Å². The lowest BCUT2D eigenvalue weighted by molar-refractivity contribution is 0.620. The largest absolute Gasteiger partial charge is 0.382 e. The molecule has 2 heterocycles. The molecule has 2 aromatic heterocycles. The van der Waals surface area contributed by atoms with Gasteiger partial charge in [0.15, 0.2) is 0 Å². The number of aryl methyl sites for hydroxylation is 1. The van der Waals surface area contributed by atoms with E-state index in [4.69, 9.17) is 11.6 Å². The maximum Gasteiger partial charge on any atom is 0.287 e. The highest BCUT2D eigenvalue weighted by Crippen LogP contribution is 2.15. The second kappa shape index (κ2) is 7.64. The summed E-state index contributed by atoms with van der Waals surface area (Å²) in [5.41, 5.74) is 0.268. The number of anilines is 1. The van der Waals surface area contributed by atoms with Gasteiger partial charge in [-0.15, -0.1) is 6.58 Å². The fourth-order valence-corrected chi connectivity index (χ4v) is 2.12. The molecule has 6 nitrogen and oxygen atoms in total. The number of rotatable bonds is 8. The Morgan fingerprint density at radius 2 is 2.29 bits per heavy atom. The zero-order valence-electron chi connectivity index (χ0n) is 11.7. The minimum atomic E-state index is -0.306. The number of halogens is 1. The smallest absolute Gasteiger partial charge is 0.287 e. The van der Waals surface area contributed by atoms with Crippen LogP contribution in [0.1, 0.15) is 12.8 Å². The Morgan fingerprint density at radius 3 is 3.00 bits per heavy atom. The van der Waals surface area contributed by atoms with Crippen LogP contribution in [0.3, 0.4) is 0 Å². The summed E-state index contributed by atoms with van der Waals surface area (Å²) in [6, 6.07) is 0. The van der Waals surface area contributed by atoms with Gasteiger partial charge in [0, 0.05) is 25.5 Å². The van der Waals surface area contributed by atoms with Gasteiger partial charge in [-0.2, -0.15) is 5.10 Å². The monoisotopic (exact) mass is 307 g/mol. The van der Waals surface area contributed by atoms with Crippen molar-refractivity contribution in [3.05, 3.63) is 52.9 Å². The topological polar surface area (TPSA) is 64.7 Å². The van der Waals surface area contributed by atoms with Crippen molar-refractivity contribution in [3.8, 4) is 0 Å². The Kier molecular flexibility index (Phi) is 5.57. The maximum atomic E-state index is 11.9. The van der Waals surface area contributed by atoms with Crippen LogP contribution in [0.5, 0.6) is 0 Å². The molecule has 0 atom stereocenters. The summed E-state index contributed by atoms with van der Waals surface area (Å²) in [5.74, 6) is 0. The zero-order chi connectivity index (χ0) is 15.1. The molecule has 0 amide bonds. The van der Waals surface area contributed by atoms with E-state index in [9.17, 15) is 4.79 Å². The van der Waals surface area contributed by atoms with Crippen molar-refractivity contribution >= 4 is 17.3 Å². The fourth-order valence-electron chi connectivity index (χ4n) is 1.90. The van der Waals surface area contributed by atoms with Crippen LogP contribution >= 0.6 is 11.6 Å². The van der Waals surface area contributed by atoms with Crippen LogP contribution in [0.15, 0.2) is 42.4 Å². The molecule has 0 radical (unpaired) electrons. The number of allylic oxidation sites excluding steroid dienone is 1. The molecule has 0 spiro atoms. The normalized spacial score (nSPS) is 10.5. The van der Waals surface area contributed by atoms with E-state index in [1.54, 1.807) is 24.8 Å². The van der Waals surface area contributed by atoms with Crippen LogP contribution in [-0.2, 0) is 13.1 Å². The summed E-state index contributed by atoms with van der Waals surface area (Å²) in [4.78, 5) is 15.9. The Balaban J connectivity index is 1.81. The molecule has 0 bridgehead atoms. The highest BCUT2D eigenvalue weighted by Gasteiger charge is 2.07. The molecule has 21 heavy (non-hydrogen) atoms. The molecular formula is C14H18ClN5O. The molecule has 2 rings (SSSR count). The van der Waals surface area contributed by atoms with E-state index in [0.29, 0.717) is 12.2 Å². The summed E-state index contributed by atoms with van der Waals surface area (Å²) in [7, 11) is 0. The van der Waals surface area contributed by atoms with Crippen LogP contribution in [0.2, 0.25) is 5.02 Å². The second-order valence-corrected chi connectivity index (χ2v) is 4.96. The molecule has 0 fully saturated rings. The quantitative estimate of drug-likeness (QED) is 0.599. The fraction of sp³-hybridized carbons (Fsp3) is 0.357. The standard InChI is InChI=1S/C14H18ClN5O/c1-2-7-20-14(21)13(15)12(10-18-20)17-5-3-4-8-19-9-6-16-11-19/h2,6,9-11,17H,1,3-5,7-8H2. The maximum absolute atomic E-state index is 11.9. The van der Waals surface area contributed by atoms with Crippen molar-refractivity contribution < 1.29 is 0 Å². The molecule has 0 unspecified atom stereocenters. The summed E-state index contributed by atoms with van der Waals surface area (Å²) in [5, 5.41) is 7.35. The molecule has 0 saturated heterocycles. The van der Waals surface area contributed by atoms with E-state index in [1.807, 2.05) is 10.8 Å². The Bertz CT molecular complexity index is 635. The number of hydrogen-bond donors (Lipinski definition) is 1. The molecule has 2 aromatic rings. The third-order valence-corrected chi connectivity index (χ3v) is 3.37. The van der Waals surface area contributed by atoms with Gasteiger partial charge >= 0.3 is 0 Å². The van der Waals surface area contributed by atoms with Gasteiger partial charge in [0.25, 0.3) is 5.56 Å². The van der Waals surface area contributed by atoms with Gasteiger partial charge in [-0.05, 0) is 12.8 Å². The molecule has 0 aromatic carbocycles. The second-order valence-electron chi connectivity index (χ2n) is 4.58. The van der Waals surface area contributed by atoms with Crippen molar-refractivity contribution in [2.45, 2.75) is 25.9 Å². The van der Waals surface area contributed by atoms with Gasteiger partial charge < -0.3 is 9.88 Å². The number of nitrogens with one attached hydrogen (secondary N) is 1. The molecule has 1 N–H and O–H groups in total. The number of nitrogens with zero attached hydrogens (tertiary/aromatic N) is 4. The van der Waals surface area contributed by atoms with E-state index < -0.39 is 0 Å². The Labute approximate surface area is 128 Å². The van der Waals surface area contributed by atoms with Crippen molar-refractivity contribution in [2.75, 3.05) is 11.9 Å². The summed E-state index contributed by atoms with van der Waals surface area (Å²) in [6.07, 6.45) is 10.7. The third-order valence-electron chi connectivity index (χ3n) is 3.00. The molecular weight excluding hydrogens is 290 g/mol. The first-order chi connectivity index (χ1) is 10.2. The Morgan fingerprint density at radius 1 is 1.43 bits per heavy atom. The Hall–Kier alpha value is -2.08. The summed E-state index contributed by atoms with van der Waals surface area (Å²) >= 11 is 6.05. The lowest BCUT2D eigenvalue weighted by atomic mass is 10.3. The van der Waals surface area contributed by atoms with Crippen LogP contribution in [0, 0.1) is 0 Å². The van der Waals surface area contributed by atoms with Crippen molar-refractivity contribution in [1.29, 1.82) is 0 Å². The zero-order valence-corrected chi connectivity index (χ0v) is 12.5. The van der Waals surface area contributed by atoms with Crippen LogP contribution in [0.25, 0.3) is 0 Å². The van der Waals surface area contributed by atoms with Gasteiger partial charge in [0.2, 0.25) is 0 Å². The first-order valence-corrected chi connectivity index (χ1v) is 7.16. The van der Waals surface area contributed by atoms with E-state index in [1.165, 1.54) is 4.68 Å². The van der Waals surface area contributed by atoms with E-state index in [-0.39, 0.29) is 10.6 Å². The highest BCUT2D eigenvalue weighted by atomic mass is 35.5. The minimum absolute atomic E-state index is 0.168. The number of aromatic nitrogens is 4. The lowest BCUT2D eigenvalue weighted by Gasteiger charge is -2.09. The molecule has 0 saturated carbocycles. The molecule has 0 aliphatic carbocycles. The van der Waals surface area contributed by atoms with Crippen LogP contribution in [-0.4, -0.2) is 25.9 Å². The van der Waals surface area contributed by atoms with E-state index in [2.05, 4.69) is 22.0 Å². The first kappa shape index (κ1) is 15.3. The van der Waals surface area contributed by atoms with Crippen LogP contribution < -0.4 is 10.9 Å². The van der Waals surface area contributed by atoms with Crippen molar-refractivity contribution in [1.82, 2.24) is 19.3 Å². The number of imidazole rings is 1. The van der Waals surface area contributed by atoms with Gasteiger partial charge in [-0.1, -0.05) is 17.7 Å². The van der Waals surface area contributed by atoms with Gasteiger partial charge in [-0.3, -0.25) is 4.79 Å². The first-order valence-electron chi connectivity index (χ1n) is 6.78. The SMILES string of the molecule is C=CCn1ncc(NCCCCn2ccnc2)c(Cl)c1=O. The number of unbranched alkanes of at least 4 members (excludes halogenated alkanes) is 1. The van der Waals surface area contributed by atoms with Gasteiger partial charge in [0.1, 0.15) is 5.02 Å². The number of hydrogen-bond acceptors (Lipinski definition) is 4. The molecule has 0 aliphatic rings. The molecule has 7 heteroatoms. The van der Waals surface area contributed by atoms with Crippen molar-refractivity contribution in [2.24, 2.45) is 0 Å². The van der Waals surface area contributed by atoms with Crippen molar-refractivity contribution in [3.63, 3.8) is 0 Å². The highest BCUT2D eigenvalue weighted by molar-refractivity contribution is 6.32. The summed E-state index contributed by atoms with van der Waals surface area (Å²) < 4.78 is 3.31. The predicted molar refractivity (Wildman–Crippen MR) is 83.7 cm³/mol.